The molecular formula is C38H22N4. The van der Waals surface area contributed by atoms with Crippen LogP contribution in [-0.4, -0.2) is 18.9 Å². The van der Waals surface area contributed by atoms with Crippen molar-refractivity contribution in [3.05, 3.63) is 133 Å². The van der Waals surface area contributed by atoms with Gasteiger partial charge in [-0.15, -0.1) is 0 Å². The van der Waals surface area contributed by atoms with Gasteiger partial charge in [0.1, 0.15) is 5.52 Å². The van der Waals surface area contributed by atoms with Crippen LogP contribution in [0, 0.1) is 0 Å². The third-order valence-corrected chi connectivity index (χ3v) is 8.82. The Bertz CT molecular complexity index is 2660. The standard InChI is InChI=1S/C38H22N4/c1-3-10-23(11-4-1)24-18-20-30-31(22-24)40-38-35(39-30)29-16-9-15-28-34-33(42(38)36(28)29)21-19-27-26-14-7-8-17-32(26)41(37(27)34)25-12-5-2-6-13-25/h1-22H. The third-order valence-electron chi connectivity index (χ3n) is 8.82. The Morgan fingerprint density at radius 3 is 2.10 bits per heavy atom. The van der Waals surface area contributed by atoms with Crippen LogP contribution in [0.15, 0.2) is 133 Å². The molecule has 0 atom stereocenters. The molecule has 0 bridgehead atoms. The molecule has 0 aliphatic carbocycles. The van der Waals surface area contributed by atoms with Crippen LogP contribution in [0.5, 0.6) is 0 Å². The highest BCUT2D eigenvalue weighted by Gasteiger charge is 2.24. The molecule has 0 saturated carbocycles. The lowest BCUT2D eigenvalue weighted by atomic mass is 10.0. The minimum absolute atomic E-state index is 0.899. The molecule has 0 unspecified atom stereocenters. The average molecular weight is 535 g/mol. The molecule has 0 N–H and O–H groups in total. The zero-order chi connectivity index (χ0) is 27.4. The maximum Gasteiger partial charge on any atom is 0.165 e. The first-order valence-corrected chi connectivity index (χ1v) is 14.3. The summed E-state index contributed by atoms with van der Waals surface area (Å²) >= 11 is 0. The van der Waals surface area contributed by atoms with Gasteiger partial charge in [-0.25, -0.2) is 9.97 Å². The Morgan fingerprint density at radius 2 is 1.21 bits per heavy atom. The number of para-hydroxylation sites is 3. The molecule has 4 nitrogen and oxygen atoms in total. The summed E-state index contributed by atoms with van der Waals surface area (Å²) in [5.41, 5.74) is 11.9. The Morgan fingerprint density at radius 1 is 0.452 bits per heavy atom. The van der Waals surface area contributed by atoms with Gasteiger partial charge in [0, 0.05) is 32.6 Å². The predicted molar refractivity (Wildman–Crippen MR) is 174 cm³/mol. The zero-order valence-electron chi connectivity index (χ0n) is 22.5. The van der Waals surface area contributed by atoms with E-state index in [4.69, 9.17) is 9.97 Å². The van der Waals surface area contributed by atoms with Crippen LogP contribution in [0.2, 0.25) is 0 Å². The van der Waals surface area contributed by atoms with Gasteiger partial charge in [0.15, 0.2) is 5.65 Å². The first-order valence-electron chi connectivity index (χ1n) is 14.3. The maximum absolute atomic E-state index is 5.30. The van der Waals surface area contributed by atoms with Gasteiger partial charge < -0.3 is 4.57 Å². The highest BCUT2D eigenvalue weighted by Crippen LogP contribution is 2.44. The van der Waals surface area contributed by atoms with Gasteiger partial charge in [-0.05, 0) is 47.5 Å². The van der Waals surface area contributed by atoms with Crippen molar-refractivity contribution < 1.29 is 0 Å². The van der Waals surface area contributed by atoms with E-state index >= 15 is 0 Å². The number of rotatable bonds is 2. The normalized spacial score (nSPS) is 12.3. The second kappa shape index (κ2) is 7.93. The Labute approximate surface area is 240 Å². The molecule has 0 aliphatic rings. The number of hydrogen-bond donors (Lipinski definition) is 0. The topological polar surface area (TPSA) is 35.1 Å². The first kappa shape index (κ1) is 22.0. The minimum Gasteiger partial charge on any atom is -0.309 e. The van der Waals surface area contributed by atoms with Gasteiger partial charge in [0.2, 0.25) is 0 Å². The molecule has 4 heterocycles. The summed E-state index contributed by atoms with van der Waals surface area (Å²) in [7, 11) is 0. The quantitative estimate of drug-likeness (QED) is 0.221. The van der Waals surface area contributed by atoms with Crippen LogP contribution in [0.1, 0.15) is 0 Å². The van der Waals surface area contributed by atoms with E-state index in [1.54, 1.807) is 0 Å². The summed E-state index contributed by atoms with van der Waals surface area (Å²) in [5, 5.41) is 6.11. The molecule has 0 spiro atoms. The smallest absolute Gasteiger partial charge is 0.165 e. The lowest BCUT2D eigenvalue weighted by molar-refractivity contribution is 1.19. The molecular weight excluding hydrogens is 512 g/mol. The number of benzene rings is 6. The fourth-order valence-electron chi connectivity index (χ4n) is 7.05. The van der Waals surface area contributed by atoms with Crippen molar-refractivity contribution in [1.29, 1.82) is 0 Å². The maximum atomic E-state index is 5.30. The largest absolute Gasteiger partial charge is 0.309 e. The highest BCUT2D eigenvalue weighted by molar-refractivity contribution is 6.30. The fraction of sp³-hybridized carbons (Fsp3) is 0. The van der Waals surface area contributed by atoms with E-state index < -0.39 is 0 Å². The second-order valence-corrected chi connectivity index (χ2v) is 11.0. The van der Waals surface area contributed by atoms with Crippen LogP contribution in [0.3, 0.4) is 0 Å². The van der Waals surface area contributed by atoms with Gasteiger partial charge >= 0.3 is 0 Å². The lowest BCUT2D eigenvalue weighted by Gasteiger charge is -2.09. The van der Waals surface area contributed by atoms with Gasteiger partial charge in [-0.2, -0.15) is 0 Å². The van der Waals surface area contributed by atoms with E-state index in [1.165, 1.54) is 43.7 Å². The summed E-state index contributed by atoms with van der Waals surface area (Å²) in [4.78, 5) is 10.5. The van der Waals surface area contributed by atoms with Crippen molar-refractivity contribution in [2.24, 2.45) is 0 Å². The Hall–Kier alpha value is -5.74. The molecule has 0 aliphatic heterocycles. The van der Waals surface area contributed by atoms with E-state index in [2.05, 4.69) is 136 Å². The van der Waals surface area contributed by atoms with Gasteiger partial charge in [-0.3, -0.25) is 4.40 Å². The van der Waals surface area contributed by atoms with Crippen molar-refractivity contribution in [2.45, 2.75) is 0 Å². The number of hydrogen-bond acceptors (Lipinski definition) is 2. The van der Waals surface area contributed by atoms with Crippen molar-refractivity contribution in [2.75, 3.05) is 0 Å². The van der Waals surface area contributed by atoms with Crippen molar-refractivity contribution in [1.82, 2.24) is 18.9 Å². The van der Waals surface area contributed by atoms with Crippen molar-refractivity contribution in [3.63, 3.8) is 0 Å². The average Bonchev–Trinajstić information content (AvgIpc) is 3.69. The molecule has 0 saturated heterocycles. The molecule has 10 aromatic rings. The van der Waals surface area contributed by atoms with Crippen LogP contribution in [0.4, 0.5) is 0 Å². The monoisotopic (exact) mass is 534 g/mol. The molecule has 42 heavy (non-hydrogen) atoms. The third kappa shape index (κ3) is 2.76. The van der Waals surface area contributed by atoms with Gasteiger partial charge in [0.25, 0.3) is 0 Å². The van der Waals surface area contributed by atoms with Crippen molar-refractivity contribution in [3.8, 4) is 16.8 Å². The number of fused-ring (bicyclic) bond motifs is 11. The fourth-order valence-corrected chi connectivity index (χ4v) is 7.05. The molecule has 6 aromatic carbocycles. The summed E-state index contributed by atoms with van der Waals surface area (Å²) in [5.74, 6) is 0. The number of aromatic nitrogens is 4. The molecule has 4 heteroatoms. The Balaban J connectivity index is 1.38. The van der Waals surface area contributed by atoms with E-state index in [0.29, 0.717) is 0 Å². The lowest BCUT2D eigenvalue weighted by Crippen LogP contribution is -1.94. The van der Waals surface area contributed by atoms with Gasteiger partial charge in [0.05, 0.1) is 33.1 Å². The van der Waals surface area contributed by atoms with E-state index in [1.807, 2.05) is 6.07 Å². The molecule has 0 amide bonds. The zero-order valence-corrected chi connectivity index (χ0v) is 22.5. The summed E-state index contributed by atoms with van der Waals surface area (Å²) in [6.45, 7) is 0. The molecule has 10 rings (SSSR count). The minimum atomic E-state index is 0.899. The van der Waals surface area contributed by atoms with Gasteiger partial charge in [-0.1, -0.05) is 97.1 Å². The molecule has 0 fully saturated rings. The highest BCUT2D eigenvalue weighted by atomic mass is 15.0. The first-order chi connectivity index (χ1) is 20.8. The van der Waals surface area contributed by atoms with Crippen LogP contribution in [-0.2, 0) is 0 Å². The molecule has 194 valence electrons. The Kier molecular flexibility index (Phi) is 4.15. The van der Waals surface area contributed by atoms with Crippen molar-refractivity contribution >= 4 is 71.2 Å². The summed E-state index contributed by atoms with van der Waals surface area (Å²) in [6, 6.07) is 47.4. The second-order valence-electron chi connectivity index (χ2n) is 11.0. The van der Waals surface area contributed by atoms with E-state index in [9.17, 15) is 0 Å². The summed E-state index contributed by atoms with van der Waals surface area (Å²) < 4.78 is 4.76. The summed E-state index contributed by atoms with van der Waals surface area (Å²) in [6.07, 6.45) is 0. The van der Waals surface area contributed by atoms with Crippen LogP contribution < -0.4 is 0 Å². The van der Waals surface area contributed by atoms with Crippen LogP contribution >= 0.6 is 0 Å². The SMILES string of the molecule is c1ccc(-c2ccc3nc4c5cccc6c7c8c(ccc7n(c4nc3c2)c56)c2ccccc2n8-c2ccccc2)cc1. The molecule has 4 aromatic heterocycles. The molecule has 0 radical (unpaired) electrons. The van der Waals surface area contributed by atoms with Crippen LogP contribution in [0.25, 0.3) is 88.0 Å². The van der Waals surface area contributed by atoms with E-state index in [-0.39, 0.29) is 0 Å². The van der Waals surface area contributed by atoms with E-state index in [0.717, 1.165) is 44.4 Å². The number of nitrogens with zero attached hydrogens (tertiary/aromatic N) is 4. The predicted octanol–water partition coefficient (Wildman–Crippen LogP) is 9.54.